The van der Waals surface area contributed by atoms with Crippen molar-refractivity contribution in [1.82, 2.24) is 0 Å². The van der Waals surface area contributed by atoms with Gasteiger partial charge in [0, 0.05) is 5.56 Å². The molecule has 2 unspecified atom stereocenters. The second kappa shape index (κ2) is 5.21. The third kappa shape index (κ3) is 2.99. The van der Waals surface area contributed by atoms with Crippen LogP contribution >= 0.6 is 0 Å². The number of benzene rings is 1. The Hall–Kier alpha value is -0.960. The smallest absolute Gasteiger partial charge is 0.263 e. The van der Waals surface area contributed by atoms with Gasteiger partial charge in [-0.1, -0.05) is 44.5 Å². The minimum atomic E-state index is -2.44. The predicted octanol–water partition coefficient (Wildman–Crippen LogP) is 3.70. The maximum absolute atomic E-state index is 12.3. The maximum atomic E-state index is 12.3. The van der Waals surface area contributed by atoms with Crippen LogP contribution in [0.4, 0.5) is 8.78 Å². The molecule has 0 saturated heterocycles. The van der Waals surface area contributed by atoms with Crippen LogP contribution < -0.4 is 0 Å². The summed E-state index contributed by atoms with van der Waals surface area (Å²) in [5, 5.41) is 9.83. The number of aliphatic hydroxyl groups excluding tert-OH is 1. The lowest BCUT2D eigenvalue weighted by Gasteiger charge is -2.17. The quantitative estimate of drug-likeness (QED) is 0.810. The molecule has 0 aliphatic heterocycles. The van der Waals surface area contributed by atoms with E-state index in [2.05, 4.69) is 0 Å². The van der Waals surface area contributed by atoms with E-state index >= 15 is 0 Å². The second-order valence-electron chi connectivity index (χ2n) is 3.80. The molecule has 0 saturated carbocycles. The lowest BCUT2D eigenvalue weighted by molar-refractivity contribution is 0.115. The van der Waals surface area contributed by atoms with Crippen molar-refractivity contribution < 1.29 is 13.9 Å². The van der Waals surface area contributed by atoms with Crippen LogP contribution in [0.3, 0.4) is 0 Å². The molecule has 0 aromatic heterocycles. The first-order chi connectivity index (χ1) is 7.06. The summed E-state index contributed by atoms with van der Waals surface area (Å²) in [6.45, 7) is 3.92. The van der Waals surface area contributed by atoms with E-state index < -0.39 is 12.5 Å². The summed E-state index contributed by atoms with van der Waals surface area (Å²) in [7, 11) is 0. The molecule has 0 heterocycles. The van der Waals surface area contributed by atoms with Crippen molar-refractivity contribution in [3.8, 4) is 0 Å². The van der Waals surface area contributed by atoms with Gasteiger partial charge < -0.3 is 5.11 Å². The van der Waals surface area contributed by atoms with Crippen LogP contribution in [-0.4, -0.2) is 5.11 Å². The molecule has 0 bridgehead atoms. The Morgan fingerprint density at radius 3 is 2.00 bits per heavy atom. The number of halogens is 2. The maximum Gasteiger partial charge on any atom is 0.263 e. The fourth-order valence-corrected chi connectivity index (χ4v) is 1.39. The number of aliphatic hydroxyl groups is 1. The Bertz CT molecular complexity index is 295. The van der Waals surface area contributed by atoms with Crippen molar-refractivity contribution in [2.75, 3.05) is 0 Å². The molecule has 1 N–H and O–H groups in total. The van der Waals surface area contributed by atoms with Gasteiger partial charge in [0.05, 0.1) is 6.10 Å². The molecule has 0 amide bonds. The summed E-state index contributed by atoms with van der Waals surface area (Å²) in [6, 6.07) is 5.87. The normalized spacial score (nSPS) is 15.3. The van der Waals surface area contributed by atoms with Crippen LogP contribution in [0, 0.1) is 5.92 Å². The highest BCUT2D eigenvalue weighted by molar-refractivity contribution is 5.25. The van der Waals surface area contributed by atoms with Gasteiger partial charge in [0.15, 0.2) is 0 Å². The summed E-state index contributed by atoms with van der Waals surface area (Å²) in [6.07, 6.45) is -2.15. The molecule has 1 nitrogen and oxygen atoms in total. The molecule has 0 aliphatic carbocycles. The fourth-order valence-electron chi connectivity index (χ4n) is 1.39. The van der Waals surface area contributed by atoms with E-state index in [9.17, 15) is 13.9 Å². The molecule has 3 heteroatoms. The van der Waals surface area contributed by atoms with Gasteiger partial charge >= 0.3 is 0 Å². The minimum absolute atomic E-state index is 0.00454. The summed E-state index contributed by atoms with van der Waals surface area (Å²) < 4.78 is 24.5. The van der Waals surface area contributed by atoms with Gasteiger partial charge in [0.1, 0.15) is 0 Å². The lowest BCUT2D eigenvalue weighted by Crippen LogP contribution is -2.07. The highest BCUT2D eigenvalue weighted by Crippen LogP contribution is 2.26. The van der Waals surface area contributed by atoms with Crippen molar-refractivity contribution in [1.29, 1.82) is 0 Å². The first-order valence-corrected chi connectivity index (χ1v) is 5.12. The van der Waals surface area contributed by atoms with Crippen molar-refractivity contribution >= 4 is 0 Å². The molecule has 1 aromatic carbocycles. The molecule has 0 fully saturated rings. The molecular formula is C12H16F2O. The molecule has 0 aliphatic rings. The third-order valence-corrected chi connectivity index (χ3v) is 2.71. The zero-order valence-electron chi connectivity index (χ0n) is 8.95. The highest BCUT2D eigenvalue weighted by Gasteiger charge is 2.15. The van der Waals surface area contributed by atoms with Crippen molar-refractivity contribution in [3.05, 3.63) is 35.4 Å². The summed E-state index contributed by atoms with van der Waals surface area (Å²) in [4.78, 5) is 0. The van der Waals surface area contributed by atoms with Gasteiger partial charge in [-0.2, -0.15) is 0 Å². The third-order valence-electron chi connectivity index (χ3n) is 2.71. The second-order valence-corrected chi connectivity index (χ2v) is 3.80. The Morgan fingerprint density at radius 1 is 1.13 bits per heavy atom. The molecule has 1 rings (SSSR count). The van der Waals surface area contributed by atoms with E-state index in [0.29, 0.717) is 5.56 Å². The van der Waals surface area contributed by atoms with E-state index in [1.807, 2.05) is 13.8 Å². The van der Waals surface area contributed by atoms with Gasteiger partial charge in [0.25, 0.3) is 6.43 Å². The van der Waals surface area contributed by atoms with Crippen LogP contribution in [0.5, 0.6) is 0 Å². The molecule has 0 spiro atoms. The SMILES string of the molecule is CCC(C)C(O)c1ccc(C(F)F)cc1. The predicted molar refractivity (Wildman–Crippen MR) is 55.8 cm³/mol. The summed E-state index contributed by atoms with van der Waals surface area (Å²) in [5.74, 6) is 0.141. The minimum Gasteiger partial charge on any atom is -0.388 e. The van der Waals surface area contributed by atoms with Gasteiger partial charge in [-0.25, -0.2) is 8.78 Å². The van der Waals surface area contributed by atoms with E-state index in [4.69, 9.17) is 0 Å². The van der Waals surface area contributed by atoms with Gasteiger partial charge in [-0.15, -0.1) is 0 Å². The van der Waals surface area contributed by atoms with Gasteiger partial charge in [-0.05, 0) is 11.5 Å². The van der Waals surface area contributed by atoms with E-state index in [0.717, 1.165) is 6.42 Å². The van der Waals surface area contributed by atoms with E-state index in [1.54, 1.807) is 12.1 Å². The lowest BCUT2D eigenvalue weighted by atomic mass is 9.95. The average Bonchev–Trinajstić information content (AvgIpc) is 2.27. The largest absolute Gasteiger partial charge is 0.388 e. The van der Waals surface area contributed by atoms with E-state index in [-0.39, 0.29) is 11.5 Å². The fraction of sp³-hybridized carbons (Fsp3) is 0.500. The van der Waals surface area contributed by atoms with Crippen LogP contribution in [0.15, 0.2) is 24.3 Å². The topological polar surface area (TPSA) is 20.2 Å². The zero-order chi connectivity index (χ0) is 11.4. The van der Waals surface area contributed by atoms with Crippen LogP contribution in [0.2, 0.25) is 0 Å². The van der Waals surface area contributed by atoms with E-state index in [1.165, 1.54) is 12.1 Å². The van der Waals surface area contributed by atoms with Crippen LogP contribution in [-0.2, 0) is 0 Å². The van der Waals surface area contributed by atoms with Crippen molar-refractivity contribution in [2.24, 2.45) is 5.92 Å². The van der Waals surface area contributed by atoms with Gasteiger partial charge in [-0.3, -0.25) is 0 Å². The van der Waals surface area contributed by atoms with Crippen LogP contribution in [0.25, 0.3) is 0 Å². The molecule has 1 aromatic rings. The Labute approximate surface area is 88.7 Å². The monoisotopic (exact) mass is 214 g/mol. The number of hydrogen-bond acceptors (Lipinski definition) is 1. The summed E-state index contributed by atoms with van der Waals surface area (Å²) >= 11 is 0. The molecule has 2 atom stereocenters. The van der Waals surface area contributed by atoms with Crippen molar-refractivity contribution in [3.63, 3.8) is 0 Å². The molecular weight excluding hydrogens is 198 g/mol. The highest BCUT2D eigenvalue weighted by atomic mass is 19.3. The summed E-state index contributed by atoms with van der Waals surface area (Å²) in [5.41, 5.74) is 0.698. The number of alkyl halides is 2. The first kappa shape index (κ1) is 12.1. The molecule has 0 radical (unpaired) electrons. The Kier molecular flexibility index (Phi) is 4.21. The number of rotatable bonds is 4. The molecule has 84 valence electrons. The average molecular weight is 214 g/mol. The van der Waals surface area contributed by atoms with Crippen LogP contribution in [0.1, 0.15) is 43.9 Å². The first-order valence-electron chi connectivity index (χ1n) is 5.12. The van der Waals surface area contributed by atoms with Gasteiger partial charge in [0.2, 0.25) is 0 Å². The molecule has 15 heavy (non-hydrogen) atoms. The standard InChI is InChI=1S/C12H16F2O/c1-3-8(2)11(15)9-4-6-10(7-5-9)12(13)14/h4-8,11-12,15H,3H2,1-2H3. The number of hydrogen-bond donors (Lipinski definition) is 1. The Balaban J connectivity index is 2.79. The Morgan fingerprint density at radius 2 is 1.60 bits per heavy atom. The van der Waals surface area contributed by atoms with Crippen molar-refractivity contribution in [2.45, 2.75) is 32.8 Å². The zero-order valence-corrected chi connectivity index (χ0v) is 8.95.